The molecule has 0 aromatic carbocycles. The van der Waals surface area contributed by atoms with E-state index in [9.17, 15) is 0 Å². The summed E-state index contributed by atoms with van der Waals surface area (Å²) in [4.78, 5) is 11.3. The molecule has 0 aliphatic carbocycles. The van der Waals surface area contributed by atoms with Crippen LogP contribution in [0.3, 0.4) is 0 Å². The van der Waals surface area contributed by atoms with Gasteiger partial charge in [0.05, 0.1) is 0 Å². The summed E-state index contributed by atoms with van der Waals surface area (Å²) in [6.45, 7) is 8.68. The third kappa shape index (κ3) is 3.79. The Morgan fingerprint density at radius 3 is 2.55 bits per heavy atom. The van der Waals surface area contributed by atoms with Crippen molar-refractivity contribution in [3.05, 3.63) is 11.8 Å². The van der Waals surface area contributed by atoms with Crippen LogP contribution in [-0.2, 0) is 0 Å². The van der Waals surface area contributed by atoms with Crippen LogP contribution in [0.25, 0.3) is 0 Å². The van der Waals surface area contributed by atoms with Gasteiger partial charge in [-0.2, -0.15) is 4.98 Å². The van der Waals surface area contributed by atoms with E-state index in [1.165, 1.54) is 6.42 Å². The molecule has 2 N–H and O–H groups in total. The Bertz CT molecular complexity index is 480. The molecule has 1 saturated heterocycles. The lowest BCUT2D eigenvalue weighted by atomic mass is 9.92. The summed E-state index contributed by atoms with van der Waals surface area (Å²) >= 11 is 5.10. The molecule has 0 saturated carbocycles. The summed E-state index contributed by atoms with van der Waals surface area (Å²) in [7, 11) is 1.78. The summed E-state index contributed by atoms with van der Waals surface area (Å²) in [5, 5.41) is 6.41. The second-order valence-corrected chi connectivity index (χ2v) is 6.15. The molecule has 1 fully saturated rings. The number of anilines is 2. The molecule has 1 aromatic heterocycles. The average Bonchev–Trinajstić information content (AvgIpc) is 2.36. The quantitative estimate of drug-likeness (QED) is 0.815. The SMILES string of the molecule is CNC(=S)Nc1nc(C)cc(N2CC(C)CC(C)C2)n1. The molecule has 5 nitrogen and oxygen atoms in total. The van der Waals surface area contributed by atoms with E-state index in [0.29, 0.717) is 22.9 Å². The Morgan fingerprint density at radius 1 is 1.30 bits per heavy atom. The van der Waals surface area contributed by atoms with Crippen molar-refractivity contribution in [1.82, 2.24) is 15.3 Å². The summed E-state index contributed by atoms with van der Waals surface area (Å²) in [6, 6.07) is 2.04. The summed E-state index contributed by atoms with van der Waals surface area (Å²) < 4.78 is 0. The number of aryl methyl sites for hydroxylation is 1. The van der Waals surface area contributed by atoms with Crippen molar-refractivity contribution < 1.29 is 0 Å². The maximum atomic E-state index is 5.10. The van der Waals surface area contributed by atoms with E-state index >= 15 is 0 Å². The monoisotopic (exact) mass is 293 g/mol. The maximum absolute atomic E-state index is 5.10. The van der Waals surface area contributed by atoms with Crippen molar-refractivity contribution in [3.8, 4) is 0 Å². The second kappa shape index (κ2) is 6.35. The topological polar surface area (TPSA) is 53.1 Å². The van der Waals surface area contributed by atoms with Crippen LogP contribution in [0, 0.1) is 18.8 Å². The van der Waals surface area contributed by atoms with Gasteiger partial charge in [0, 0.05) is 31.9 Å². The van der Waals surface area contributed by atoms with Gasteiger partial charge in [-0.05, 0) is 37.4 Å². The fraction of sp³-hybridized carbons (Fsp3) is 0.643. The molecule has 2 heterocycles. The van der Waals surface area contributed by atoms with Crippen molar-refractivity contribution in [1.29, 1.82) is 0 Å². The maximum Gasteiger partial charge on any atom is 0.231 e. The van der Waals surface area contributed by atoms with Crippen LogP contribution in [0.2, 0.25) is 0 Å². The van der Waals surface area contributed by atoms with Gasteiger partial charge in [-0.25, -0.2) is 4.98 Å². The summed E-state index contributed by atoms with van der Waals surface area (Å²) in [5.41, 5.74) is 0.947. The van der Waals surface area contributed by atoms with Crippen LogP contribution in [0.5, 0.6) is 0 Å². The molecular weight excluding hydrogens is 270 g/mol. The second-order valence-electron chi connectivity index (χ2n) is 5.75. The molecule has 1 aliphatic heterocycles. The van der Waals surface area contributed by atoms with E-state index in [-0.39, 0.29) is 0 Å². The van der Waals surface area contributed by atoms with Gasteiger partial charge in [-0.3, -0.25) is 0 Å². The number of hydrogen-bond donors (Lipinski definition) is 2. The lowest BCUT2D eigenvalue weighted by Crippen LogP contribution is -2.39. The van der Waals surface area contributed by atoms with Gasteiger partial charge in [0.15, 0.2) is 5.11 Å². The van der Waals surface area contributed by atoms with Crippen LogP contribution >= 0.6 is 12.2 Å². The van der Waals surface area contributed by atoms with Gasteiger partial charge in [0.1, 0.15) is 5.82 Å². The van der Waals surface area contributed by atoms with Crippen LogP contribution in [0.1, 0.15) is 26.0 Å². The molecule has 20 heavy (non-hydrogen) atoms. The van der Waals surface area contributed by atoms with E-state index in [2.05, 4.69) is 39.3 Å². The molecule has 0 amide bonds. The van der Waals surface area contributed by atoms with Crippen molar-refractivity contribution in [2.75, 3.05) is 30.4 Å². The number of nitrogens with zero attached hydrogens (tertiary/aromatic N) is 3. The lowest BCUT2D eigenvalue weighted by Gasteiger charge is -2.36. The van der Waals surface area contributed by atoms with E-state index in [0.717, 1.165) is 24.6 Å². The van der Waals surface area contributed by atoms with E-state index in [1.54, 1.807) is 7.05 Å². The molecular formula is C14H23N5S. The Kier molecular flexibility index (Phi) is 4.75. The van der Waals surface area contributed by atoms with Crippen molar-refractivity contribution >= 4 is 29.1 Å². The first kappa shape index (κ1) is 15.0. The minimum absolute atomic E-state index is 0.530. The van der Waals surface area contributed by atoms with Crippen molar-refractivity contribution in [2.24, 2.45) is 11.8 Å². The van der Waals surface area contributed by atoms with Crippen molar-refractivity contribution in [3.63, 3.8) is 0 Å². The Labute approximate surface area is 126 Å². The average molecular weight is 293 g/mol. The third-order valence-corrected chi connectivity index (χ3v) is 3.79. The number of thiocarbonyl (C=S) groups is 1. The van der Waals surface area contributed by atoms with E-state index in [4.69, 9.17) is 12.2 Å². The van der Waals surface area contributed by atoms with Crippen molar-refractivity contribution in [2.45, 2.75) is 27.2 Å². The normalized spacial score (nSPS) is 22.5. The number of piperidine rings is 1. The minimum atomic E-state index is 0.530. The van der Waals surface area contributed by atoms with Gasteiger partial charge in [0.25, 0.3) is 0 Å². The number of hydrogen-bond acceptors (Lipinski definition) is 4. The zero-order valence-electron chi connectivity index (χ0n) is 12.6. The Hall–Kier alpha value is -1.43. The van der Waals surface area contributed by atoms with Crippen LogP contribution in [-0.4, -0.2) is 35.2 Å². The first-order valence-corrected chi connectivity index (χ1v) is 7.48. The molecule has 1 aromatic rings. The molecule has 110 valence electrons. The predicted molar refractivity (Wildman–Crippen MR) is 87.2 cm³/mol. The number of nitrogens with one attached hydrogen (secondary N) is 2. The van der Waals surface area contributed by atoms with Crippen LogP contribution < -0.4 is 15.5 Å². The van der Waals surface area contributed by atoms with Gasteiger partial charge in [0.2, 0.25) is 5.95 Å². The lowest BCUT2D eigenvalue weighted by molar-refractivity contribution is 0.355. The van der Waals surface area contributed by atoms with Crippen LogP contribution in [0.15, 0.2) is 6.07 Å². The first-order chi connectivity index (χ1) is 9.47. The molecule has 1 aliphatic rings. The molecule has 0 bridgehead atoms. The highest BCUT2D eigenvalue weighted by molar-refractivity contribution is 7.80. The summed E-state index contributed by atoms with van der Waals surface area (Å²) in [6.07, 6.45) is 1.29. The predicted octanol–water partition coefficient (Wildman–Crippen LogP) is 2.18. The zero-order valence-corrected chi connectivity index (χ0v) is 13.4. The molecule has 2 rings (SSSR count). The third-order valence-electron chi connectivity index (χ3n) is 3.49. The van der Waals surface area contributed by atoms with Gasteiger partial charge >= 0.3 is 0 Å². The zero-order chi connectivity index (χ0) is 14.7. The van der Waals surface area contributed by atoms with Crippen LogP contribution in [0.4, 0.5) is 11.8 Å². The summed E-state index contributed by atoms with van der Waals surface area (Å²) in [5.74, 6) is 2.94. The smallest absolute Gasteiger partial charge is 0.231 e. The highest BCUT2D eigenvalue weighted by atomic mass is 32.1. The molecule has 2 atom stereocenters. The first-order valence-electron chi connectivity index (χ1n) is 7.07. The van der Waals surface area contributed by atoms with Gasteiger partial charge in [-0.1, -0.05) is 13.8 Å². The standard InChI is InChI=1S/C14H23N5S/c1-9-5-10(2)8-19(7-9)12-6-11(3)16-13(17-12)18-14(20)15-4/h6,9-10H,5,7-8H2,1-4H3,(H2,15,16,17,18,20). The molecule has 6 heteroatoms. The largest absolute Gasteiger partial charge is 0.365 e. The van der Waals surface area contributed by atoms with Gasteiger partial charge < -0.3 is 15.5 Å². The fourth-order valence-corrected chi connectivity index (χ4v) is 2.88. The molecule has 0 radical (unpaired) electrons. The highest BCUT2D eigenvalue weighted by Gasteiger charge is 2.23. The Balaban J connectivity index is 2.20. The van der Waals surface area contributed by atoms with Gasteiger partial charge in [-0.15, -0.1) is 0 Å². The van der Waals surface area contributed by atoms with E-state index in [1.807, 2.05) is 13.0 Å². The molecule has 2 unspecified atom stereocenters. The fourth-order valence-electron chi connectivity index (χ4n) is 2.78. The number of rotatable bonds is 2. The number of aromatic nitrogens is 2. The Morgan fingerprint density at radius 2 is 1.95 bits per heavy atom. The molecule has 0 spiro atoms. The highest BCUT2D eigenvalue weighted by Crippen LogP contribution is 2.25. The minimum Gasteiger partial charge on any atom is -0.365 e. The van der Waals surface area contributed by atoms with E-state index < -0.39 is 0 Å².